The van der Waals surface area contributed by atoms with Crippen LogP contribution in [-0.2, 0) is 0 Å². The van der Waals surface area contributed by atoms with Gasteiger partial charge in [0, 0.05) is 24.5 Å². The molecule has 2 rings (SSSR count). The number of benzene rings is 2. The summed E-state index contributed by atoms with van der Waals surface area (Å²) in [5.74, 6) is -0.445. The predicted octanol–water partition coefficient (Wildman–Crippen LogP) is 3.24. The SMILES string of the molecule is C=CCN(C)C(=O)c1ccc(F)c2ccccc12. The minimum Gasteiger partial charge on any atom is -0.338 e. The van der Waals surface area contributed by atoms with Gasteiger partial charge in [0.15, 0.2) is 0 Å². The van der Waals surface area contributed by atoms with Crippen molar-refractivity contribution in [3.05, 3.63) is 60.4 Å². The molecule has 0 aliphatic carbocycles. The zero-order valence-electron chi connectivity index (χ0n) is 10.2. The summed E-state index contributed by atoms with van der Waals surface area (Å²) in [5, 5.41) is 1.11. The van der Waals surface area contributed by atoms with E-state index in [1.807, 2.05) is 0 Å². The molecule has 92 valence electrons. The molecule has 2 nitrogen and oxygen atoms in total. The number of rotatable bonds is 3. The maximum absolute atomic E-state index is 13.6. The Hall–Kier alpha value is -2.16. The number of fused-ring (bicyclic) bond motifs is 1. The van der Waals surface area contributed by atoms with E-state index in [9.17, 15) is 9.18 Å². The largest absolute Gasteiger partial charge is 0.338 e. The van der Waals surface area contributed by atoms with Crippen molar-refractivity contribution in [2.24, 2.45) is 0 Å². The topological polar surface area (TPSA) is 20.3 Å². The van der Waals surface area contributed by atoms with Crippen LogP contribution < -0.4 is 0 Å². The molecule has 18 heavy (non-hydrogen) atoms. The van der Waals surface area contributed by atoms with Crippen LogP contribution >= 0.6 is 0 Å². The van der Waals surface area contributed by atoms with Crippen molar-refractivity contribution in [1.29, 1.82) is 0 Å². The Balaban J connectivity index is 2.55. The first-order valence-corrected chi connectivity index (χ1v) is 5.68. The van der Waals surface area contributed by atoms with Crippen LogP contribution in [0.5, 0.6) is 0 Å². The van der Waals surface area contributed by atoms with E-state index < -0.39 is 0 Å². The Morgan fingerprint density at radius 3 is 2.61 bits per heavy atom. The minimum atomic E-state index is -0.312. The molecule has 0 saturated heterocycles. The van der Waals surface area contributed by atoms with E-state index in [1.54, 1.807) is 42.3 Å². The summed E-state index contributed by atoms with van der Waals surface area (Å²) in [7, 11) is 1.70. The van der Waals surface area contributed by atoms with Gasteiger partial charge in [0.2, 0.25) is 0 Å². The highest BCUT2D eigenvalue weighted by Gasteiger charge is 2.15. The third-order valence-electron chi connectivity index (χ3n) is 2.85. The lowest BCUT2D eigenvalue weighted by molar-refractivity contribution is 0.0812. The second kappa shape index (κ2) is 5.00. The molecule has 0 fully saturated rings. The Bertz CT molecular complexity index is 606. The molecule has 2 aromatic rings. The van der Waals surface area contributed by atoms with Crippen molar-refractivity contribution in [3.63, 3.8) is 0 Å². The molecule has 0 atom stereocenters. The highest BCUT2D eigenvalue weighted by Crippen LogP contribution is 2.22. The fourth-order valence-electron chi connectivity index (χ4n) is 1.93. The molecule has 0 bridgehead atoms. The first-order valence-electron chi connectivity index (χ1n) is 5.68. The van der Waals surface area contributed by atoms with Gasteiger partial charge in [-0.3, -0.25) is 4.79 Å². The summed E-state index contributed by atoms with van der Waals surface area (Å²) >= 11 is 0. The van der Waals surface area contributed by atoms with Crippen LogP contribution in [0.2, 0.25) is 0 Å². The number of likely N-dealkylation sites (N-methyl/N-ethyl adjacent to an activating group) is 1. The minimum absolute atomic E-state index is 0.133. The van der Waals surface area contributed by atoms with Crippen molar-refractivity contribution in [2.45, 2.75) is 0 Å². The monoisotopic (exact) mass is 243 g/mol. The molecule has 3 heteroatoms. The first kappa shape index (κ1) is 12.3. The Kier molecular flexibility index (Phi) is 3.42. The molecule has 0 spiro atoms. The van der Waals surface area contributed by atoms with Crippen molar-refractivity contribution >= 4 is 16.7 Å². The smallest absolute Gasteiger partial charge is 0.254 e. The average Bonchev–Trinajstić information content (AvgIpc) is 2.39. The van der Waals surface area contributed by atoms with E-state index in [1.165, 1.54) is 12.1 Å². The molecule has 0 aliphatic rings. The van der Waals surface area contributed by atoms with E-state index >= 15 is 0 Å². The van der Waals surface area contributed by atoms with Gasteiger partial charge in [-0.15, -0.1) is 6.58 Å². The molecule has 1 amide bonds. The molecule has 0 heterocycles. The van der Waals surface area contributed by atoms with Gasteiger partial charge in [0.1, 0.15) is 5.82 Å². The van der Waals surface area contributed by atoms with Gasteiger partial charge >= 0.3 is 0 Å². The number of halogens is 1. The molecule has 2 aromatic carbocycles. The number of carbonyl (C=O) groups is 1. The zero-order chi connectivity index (χ0) is 13.1. The van der Waals surface area contributed by atoms with Gasteiger partial charge in [-0.1, -0.05) is 30.3 Å². The zero-order valence-corrected chi connectivity index (χ0v) is 10.2. The van der Waals surface area contributed by atoms with Crippen molar-refractivity contribution < 1.29 is 9.18 Å². The Morgan fingerprint density at radius 1 is 1.28 bits per heavy atom. The van der Waals surface area contributed by atoms with Gasteiger partial charge in [-0.25, -0.2) is 4.39 Å². The van der Waals surface area contributed by atoms with Crippen molar-refractivity contribution in [2.75, 3.05) is 13.6 Å². The molecule has 0 unspecified atom stereocenters. The van der Waals surface area contributed by atoms with E-state index in [2.05, 4.69) is 6.58 Å². The van der Waals surface area contributed by atoms with E-state index in [4.69, 9.17) is 0 Å². The summed E-state index contributed by atoms with van der Waals surface area (Å²) < 4.78 is 13.6. The van der Waals surface area contributed by atoms with Crippen LogP contribution in [0.4, 0.5) is 4.39 Å². The number of carbonyl (C=O) groups excluding carboxylic acids is 1. The Morgan fingerprint density at radius 2 is 1.94 bits per heavy atom. The quantitative estimate of drug-likeness (QED) is 0.758. The van der Waals surface area contributed by atoms with E-state index in [-0.39, 0.29) is 11.7 Å². The van der Waals surface area contributed by atoms with Crippen molar-refractivity contribution in [1.82, 2.24) is 4.90 Å². The number of amides is 1. The fraction of sp³-hybridized carbons (Fsp3) is 0.133. The number of nitrogens with zero attached hydrogens (tertiary/aromatic N) is 1. The number of hydrogen-bond acceptors (Lipinski definition) is 1. The molecule has 0 aliphatic heterocycles. The van der Waals surface area contributed by atoms with Crippen LogP contribution in [0.1, 0.15) is 10.4 Å². The maximum atomic E-state index is 13.6. The maximum Gasteiger partial charge on any atom is 0.254 e. The van der Waals surface area contributed by atoms with Gasteiger partial charge in [0.05, 0.1) is 0 Å². The van der Waals surface area contributed by atoms with Crippen molar-refractivity contribution in [3.8, 4) is 0 Å². The second-order valence-electron chi connectivity index (χ2n) is 4.11. The Labute approximate surface area is 105 Å². The summed E-state index contributed by atoms with van der Waals surface area (Å²) in [6.07, 6.45) is 1.66. The predicted molar refractivity (Wildman–Crippen MR) is 71.1 cm³/mol. The third kappa shape index (κ3) is 2.12. The molecule has 0 aromatic heterocycles. The van der Waals surface area contributed by atoms with Gasteiger partial charge in [-0.05, 0) is 17.5 Å². The molecule has 0 radical (unpaired) electrons. The summed E-state index contributed by atoms with van der Waals surface area (Å²) in [6, 6.07) is 9.85. The van der Waals surface area contributed by atoms with Crippen LogP contribution in [0, 0.1) is 5.82 Å². The molecule has 0 N–H and O–H groups in total. The fourth-order valence-corrected chi connectivity index (χ4v) is 1.93. The van der Waals surface area contributed by atoms with E-state index in [0.29, 0.717) is 22.9 Å². The average molecular weight is 243 g/mol. The summed E-state index contributed by atoms with van der Waals surface area (Å²) in [4.78, 5) is 13.8. The number of hydrogen-bond donors (Lipinski definition) is 0. The second-order valence-corrected chi connectivity index (χ2v) is 4.11. The van der Waals surface area contributed by atoms with Crippen LogP contribution in [0.3, 0.4) is 0 Å². The molecular formula is C15H14FNO. The first-order chi connectivity index (χ1) is 8.65. The lowest BCUT2D eigenvalue weighted by atomic mass is 10.0. The lowest BCUT2D eigenvalue weighted by Gasteiger charge is -2.16. The van der Waals surface area contributed by atoms with Crippen LogP contribution in [0.15, 0.2) is 49.1 Å². The van der Waals surface area contributed by atoms with Crippen LogP contribution in [-0.4, -0.2) is 24.4 Å². The van der Waals surface area contributed by atoms with Gasteiger partial charge < -0.3 is 4.90 Å². The lowest BCUT2D eigenvalue weighted by Crippen LogP contribution is -2.26. The normalized spacial score (nSPS) is 10.3. The summed E-state index contributed by atoms with van der Waals surface area (Å²) in [6.45, 7) is 4.06. The standard InChI is InChI=1S/C15H14FNO/c1-3-10-17(2)15(18)13-8-9-14(16)12-7-5-4-6-11(12)13/h3-9H,1,10H2,2H3. The van der Waals surface area contributed by atoms with Crippen LogP contribution in [0.25, 0.3) is 10.8 Å². The van der Waals surface area contributed by atoms with Gasteiger partial charge in [0.25, 0.3) is 5.91 Å². The highest BCUT2D eigenvalue weighted by molar-refractivity contribution is 6.07. The van der Waals surface area contributed by atoms with Gasteiger partial charge in [-0.2, -0.15) is 0 Å². The summed E-state index contributed by atoms with van der Waals surface area (Å²) in [5.41, 5.74) is 0.511. The van der Waals surface area contributed by atoms with E-state index in [0.717, 1.165) is 0 Å². The highest BCUT2D eigenvalue weighted by atomic mass is 19.1. The molecule has 0 saturated carbocycles. The third-order valence-corrected chi connectivity index (χ3v) is 2.85. The molecular weight excluding hydrogens is 229 g/mol.